The molecule has 0 unspecified atom stereocenters. The third-order valence-electron chi connectivity index (χ3n) is 5.08. The van der Waals surface area contributed by atoms with Gasteiger partial charge in [0.25, 0.3) is 0 Å². The number of oxime groups is 1. The summed E-state index contributed by atoms with van der Waals surface area (Å²) in [4.78, 5) is 0. The molecule has 0 bridgehead atoms. The van der Waals surface area contributed by atoms with Crippen LogP contribution < -0.4 is 0 Å². The van der Waals surface area contributed by atoms with Crippen LogP contribution in [0, 0.1) is 22.7 Å². The van der Waals surface area contributed by atoms with Gasteiger partial charge in [0, 0.05) is 5.92 Å². The van der Waals surface area contributed by atoms with Gasteiger partial charge in [-0.05, 0) is 36.0 Å². The maximum atomic E-state index is 9.16. The minimum atomic E-state index is 0.305. The Morgan fingerprint density at radius 2 is 1.93 bits per heavy atom. The first-order valence-electron chi connectivity index (χ1n) is 6.12. The molecule has 15 heavy (non-hydrogen) atoms. The Hall–Kier alpha value is -0.530. The summed E-state index contributed by atoms with van der Waals surface area (Å²) in [6.45, 7) is 9.37. The van der Waals surface area contributed by atoms with Gasteiger partial charge in [-0.2, -0.15) is 0 Å². The van der Waals surface area contributed by atoms with E-state index in [-0.39, 0.29) is 0 Å². The van der Waals surface area contributed by atoms with Crippen LogP contribution in [0.5, 0.6) is 0 Å². The molecule has 0 saturated heterocycles. The average molecular weight is 209 g/mol. The normalized spacial score (nSPS) is 46.8. The van der Waals surface area contributed by atoms with Gasteiger partial charge >= 0.3 is 0 Å². The summed E-state index contributed by atoms with van der Waals surface area (Å²) in [5.41, 5.74) is 1.72. The van der Waals surface area contributed by atoms with E-state index in [4.69, 9.17) is 5.21 Å². The highest BCUT2D eigenvalue weighted by atomic mass is 16.4. The predicted molar refractivity (Wildman–Crippen MR) is 62.2 cm³/mol. The zero-order valence-electron chi connectivity index (χ0n) is 10.4. The van der Waals surface area contributed by atoms with Gasteiger partial charge in [-0.15, -0.1) is 0 Å². The van der Waals surface area contributed by atoms with Crippen molar-refractivity contribution in [1.29, 1.82) is 0 Å². The molecule has 2 saturated carbocycles. The zero-order valence-corrected chi connectivity index (χ0v) is 10.4. The number of nitrogens with zero attached hydrogens (tertiary/aromatic N) is 1. The Kier molecular flexibility index (Phi) is 2.36. The molecule has 0 heterocycles. The van der Waals surface area contributed by atoms with Crippen LogP contribution in [0.3, 0.4) is 0 Å². The van der Waals surface area contributed by atoms with Crippen molar-refractivity contribution in [2.45, 2.75) is 53.4 Å². The lowest BCUT2D eigenvalue weighted by Gasteiger charge is -2.48. The second kappa shape index (κ2) is 3.23. The average Bonchev–Trinajstić information content (AvgIpc) is 2.39. The molecular formula is C13H23NO. The van der Waals surface area contributed by atoms with Crippen molar-refractivity contribution in [1.82, 2.24) is 0 Å². The van der Waals surface area contributed by atoms with E-state index in [0.717, 1.165) is 12.1 Å². The standard InChI is InChI=1S/C13H23NO/c1-9-8-10(14-15)11-12(2,3)6-5-7-13(9,11)4/h9,11,15H,5-8H2,1-4H3/t9-,11+,13+/m1/s1. The van der Waals surface area contributed by atoms with Gasteiger partial charge in [0.15, 0.2) is 0 Å². The predicted octanol–water partition coefficient (Wildman–Crippen LogP) is 3.69. The van der Waals surface area contributed by atoms with E-state index in [1.165, 1.54) is 19.3 Å². The van der Waals surface area contributed by atoms with Crippen LogP contribution in [0.2, 0.25) is 0 Å². The second-order valence-electron chi connectivity index (χ2n) is 6.48. The Balaban J connectivity index is 2.43. The molecule has 0 spiro atoms. The Morgan fingerprint density at radius 1 is 1.27 bits per heavy atom. The van der Waals surface area contributed by atoms with Crippen LogP contribution in [0.1, 0.15) is 53.4 Å². The summed E-state index contributed by atoms with van der Waals surface area (Å²) in [6.07, 6.45) is 4.87. The fraction of sp³-hybridized carbons (Fsp3) is 0.923. The Morgan fingerprint density at radius 3 is 2.53 bits per heavy atom. The third-order valence-corrected chi connectivity index (χ3v) is 5.08. The van der Waals surface area contributed by atoms with Crippen molar-refractivity contribution >= 4 is 5.71 Å². The van der Waals surface area contributed by atoms with Crippen LogP contribution in [0.25, 0.3) is 0 Å². The minimum Gasteiger partial charge on any atom is -0.411 e. The van der Waals surface area contributed by atoms with Crippen molar-refractivity contribution in [3.63, 3.8) is 0 Å². The molecule has 2 aliphatic carbocycles. The molecule has 0 aliphatic heterocycles. The maximum absolute atomic E-state index is 9.16. The van der Waals surface area contributed by atoms with Crippen molar-refractivity contribution < 1.29 is 5.21 Å². The van der Waals surface area contributed by atoms with Gasteiger partial charge in [-0.1, -0.05) is 39.3 Å². The molecule has 0 radical (unpaired) electrons. The fourth-order valence-corrected chi connectivity index (χ4v) is 4.23. The van der Waals surface area contributed by atoms with E-state index >= 15 is 0 Å². The lowest BCUT2D eigenvalue weighted by atomic mass is 9.56. The molecule has 86 valence electrons. The topological polar surface area (TPSA) is 32.6 Å². The van der Waals surface area contributed by atoms with Gasteiger partial charge in [0.2, 0.25) is 0 Å². The number of hydrogen-bond acceptors (Lipinski definition) is 2. The number of hydrogen-bond donors (Lipinski definition) is 1. The van der Waals surface area contributed by atoms with Crippen LogP contribution in [0.15, 0.2) is 5.16 Å². The van der Waals surface area contributed by atoms with Crippen LogP contribution in [0.4, 0.5) is 0 Å². The van der Waals surface area contributed by atoms with Crippen LogP contribution in [-0.2, 0) is 0 Å². The summed E-state index contributed by atoms with van der Waals surface area (Å²) >= 11 is 0. The summed E-state index contributed by atoms with van der Waals surface area (Å²) in [5, 5.41) is 12.7. The quantitative estimate of drug-likeness (QED) is 0.479. The minimum absolute atomic E-state index is 0.305. The molecule has 0 aromatic heterocycles. The first-order chi connectivity index (χ1) is 6.92. The molecule has 2 fully saturated rings. The highest BCUT2D eigenvalue weighted by Crippen LogP contribution is 2.60. The SMILES string of the molecule is C[C@@H]1CC(=NO)[C@H]2C(C)(C)CCC[C@@]12C. The maximum Gasteiger partial charge on any atom is 0.0615 e. The molecule has 2 heteroatoms. The molecule has 3 atom stereocenters. The largest absolute Gasteiger partial charge is 0.411 e. The lowest BCUT2D eigenvalue weighted by molar-refractivity contribution is 0.0297. The molecule has 0 aromatic carbocycles. The van der Waals surface area contributed by atoms with Gasteiger partial charge in [0.1, 0.15) is 0 Å². The second-order valence-corrected chi connectivity index (χ2v) is 6.48. The molecule has 2 rings (SSSR count). The van der Waals surface area contributed by atoms with Gasteiger partial charge < -0.3 is 5.21 Å². The first kappa shape index (κ1) is 11.0. The van der Waals surface area contributed by atoms with E-state index in [1.54, 1.807) is 0 Å². The monoisotopic (exact) mass is 209 g/mol. The van der Waals surface area contributed by atoms with Gasteiger partial charge in [-0.25, -0.2) is 0 Å². The van der Waals surface area contributed by atoms with E-state index in [0.29, 0.717) is 22.7 Å². The smallest absolute Gasteiger partial charge is 0.0615 e. The van der Waals surface area contributed by atoms with E-state index < -0.39 is 0 Å². The molecule has 2 aliphatic rings. The molecule has 2 nitrogen and oxygen atoms in total. The van der Waals surface area contributed by atoms with Crippen molar-refractivity contribution in [2.75, 3.05) is 0 Å². The Labute approximate surface area is 92.8 Å². The van der Waals surface area contributed by atoms with E-state index in [1.807, 2.05) is 0 Å². The van der Waals surface area contributed by atoms with Gasteiger partial charge in [0.05, 0.1) is 5.71 Å². The van der Waals surface area contributed by atoms with Crippen molar-refractivity contribution in [3.05, 3.63) is 0 Å². The number of fused-ring (bicyclic) bond motifs is 1. The van der Waals surface area contributed by atoms with E-state index in [2.05, 4.69) is 32.9 Å². The molecule has 0 aromatic rings. The van der Waals surface area contributed by atoms with Gasteiger partial charge in [-0.3, -0.25) is 0 Å². The summed E-state index contributed by atoms with van der Waals surface area (Å²) in [6, 6.07) is 0. The summed E-state index contributed by atoms with van der Waals surface area (Å²) in [5.74, 6) is 1.15. The van der Waals surface area contributed by atoms with Crippen molar-refractivity contribution in [2.24, 2.45) is 27.8 Å². The van der Waals surface area contributed by atoms with Crippen molar-refractivity contribution in [3.8, 4) is 0 Å². The Bertz CT molecular complexity index is 295. The third kappa shape index (κ3) is 1.41. The molecule has 1 N–H and O–H groups in total. The summed E-state index contributed by atoms with van der Waals surface area (Å²) < 4.78 is 0. The lowest BCUT2D eigenvalue weighted by Crippen LogP contribution is -2.43. The van der Waals surface area contributed by atoms with Crippen LogP contribution >= 0.6 is 0 Å². The highest BCUT2D eigenvalue weighted by Gasteiger charge is 2.56. The fourth-order valence-electron chi connectivity index (χ4n) is 4.23. The first-order valence-corrected chi connectivity index (χ1v) is 6.12. The molecule has 0 amide bonds. The summed E-state index contributed by atoms with van der Waals surface area (Å²) in [7, 11) is 0. The number of rotatable bonds is 0. The highest BCUT2D eigenvalue weighted by molar-refractivity contribution is 5.90. The zero-order chi connectivity index (χ0) is 11.3. The molecular weight excluding hydrogens is 186 g/mol. The van der Waals surface area contributed by atoms with E-state index in [9.17, 15) is 0 Å². The van der Waals surface area contributed by atoms with Crippen LogP contribution in [-0.4, -0.2) is 10.9 Å².